The molecule has 0 radical (unpaired) electrons. The van der Waals surface area contributed by atoms with Gasteiger partial charge in [0.2, 0.25) is 0 Å². The van der Waals surface area contributed by atoms with Crippen LogP contribution in [0.25, 0.3) is 10.8 Å². The lowest BCUT2D eigenvalue weighted by Gasteiger charge is -2.21. The van der Waals surface area contributed by atoms with Gasteiger partial charge in [-0.1, -0.05) is 24.3 Å². The van der Waals surface area contributed by atoms with Crippen LogP contribution in [0, 0.1) is 0 Å². The van der Waals surface area contributed by atoms with E-state index < -0.39 is 0 Å². The Morgan fingerprint density at radius 3 is 2.92 bits per heavy atom. The van der Waals surface area contributed by atoms with Crippen LogP contribution in [0.4, 0.5) is 0 Å². The Morgan fingerprint density at radius 1 is 1.17 bits per heavy atom. The van der Waals surface area contributed by atoms with Gasteiger partial charge < -0.3 is 4.74 Å². The lowest BCUT2D eigenvalue weighted by atomic mass is 9.94. The second-order valence-electron chi connectivity index (χ2n) is 6.06. The number of carbonyl (C=O) groups is 1. The van der Waals surface area contributed by atoms with Gasteiger partial charge in [-0.3, -0.25) is 14.9 Å². The van der Waals surface area contributed by atoms with Crippen LogP contribution in [0.15, 0.2) is 48.9 Å². The summed E-state index contributed by atoms with van der Waals surface area (Å²) < 4.78 is 5.23. The molecule has 0 spiro atoms. The fraction of sp³-hybridized carbons (Fsp3) is 0.211. The van der Waals surface area contributed by atoms with E-state index in [0.717, 1.165) is 35.1 Å². The van der Waals surface area contributed by atoms with E-state index in [0.29, 0.717) is 12.2 Å². The van der Waals surface area contributed by atoms with Crippen molar-refractivity contribution in [2.24, 2.45) is 0 Å². The first-order valence-electron chi connectivity index (χ1n) is 7.86. The number of benzene rings is 2. The predicted molar refractivity (Wildman–Crippen MR) is 90.3 cm³/mol. The fourth-order valence-corrected chi connectivity index (χ4v) is 3.22. The van der Waals surface area contributed by atoms with Crippen LogP contribution in [0.5, 0.6) is 0 Å². The zero-order chi connectivity index (χ0) is 16.5. The summed E-state index contributed by atoms with van der Waals surface area (Å²) in [6, 6.07) is 10.0. The van der Waals surface area contributed by atoms with Gasteiger partial charge in [-0.2, -0.15) is 0 Å². The van der Waals surface area contributed by atoms with Crippen molar-refractivity contribution in [3.63, 3.8) is 0 Å². The molecule has 1 aliphatic heterocycles. The number of hydrogen-bond donors (Lipinski definition) is 0. The monoisotopic (exact) mass is 319 g/mol. The van der Waals surface area contributed by atoms with Gasteiger partial charge in [0.25, 0.3) is 0 Å². The summed E-state index contributed by atoms with van der Waals surface area (Å²) in [6.45, 7) is 1.84. The molecule has 2 heterocycles. The maximum absolute atomic E-state index is 12.0. The Morgan fingerprint density at radius 2 is 2.08 bits per heavy atom. The number of esters is 1. The average Bonchev–Trinajstić information content (AvgIpc) is 2.60. The lowest BCUT2D eigenvalue weighted by molar-refractivity contribution is 0.0463. The van der Waals surface area contributed by atoms with Crippen LogP contribution in [-0.2, 0) is 24.4 Å². The van der Waals surface area contributed by atoms with Crippen molar-refractivity contribution in [3.05, 3.63) is 71.3 Å². The van der Waals surface area contributed by atoms with Crippen molar-refractivity contribution < 1.29 is 9.53 Å². The van der Waals surface area contributed by atoms with Gasteiger partial charge in [0.1, 0.15) is 6.61 Å². The summed E-state index contributed by atoms with van der Waals surface area (Å²) in [6.07, 6.45) is 5.16. The number of carbonyl (C=O) groups excluding carboxylic acids is 1. The summed E-state index contributed by atoms with van der Waals surface area (Å²) in [5.41, 5.74) is 3.86. The van der Waals surface area contributed by atoms with E-state index in [1.807, 2.05) is 12.1 Å². The van der Waals surface area contributed by atoms with Crippen LogP contribution in [0.2, 0.25) is 0 Å². The highest BCUT2D eigenvalue weighted by Gasteiger charge is 2.21. The van der Waals surface area contributed by atoms with Crippen molar-refractivity contribution >= 4 is 16.7 Å². The molecule has 0 bridgehead atoms. The van der Waals surface area contributed by atoms with Gasteiger partial charge >= 0.3 is 5.97 Å². The van der Waals surface area contributed by atoms with Gasteiger partial charge in [-0.05, 0) is 29.6 Å². The largest absolute Gasteiger partial charge is 0.457 e. The predicted octanol–water partition coefficient (Wildman–Crippen LogP) is 2.93. The fourth-order valence-electron chi connectivity index (χ4n) is 3.22. The Bertz CT molecular complexity index is 909. The first-order valence-corrected chi connectivity index (χ1v) is 7.86. The lowest BCUT2D eigenvalue weighted by Crippen LogP contribution is -2.19. The number of cyclic esters (lactones) is 1. The molecule has 24 heavy (non-hydrogen) atoms. The van der Waals surface area contributed by atoms with Crippen LogP contribution in [-0.4, -0.2) is 27.9 Å². The minimum absolute atomic E-state index is 0.238. The van der Waals surface area contributed by atoms with Crippen molar-refractivity contribution in [2.45, 2.75) is 19.7 Å². The molecule has 1 aromatic heterocycles. The quantitative estimate of drug-likeness (QED) is 0.692. The van der Waals surface area contributed by atoms with E-state index >= 15 is 0 Å². The highest BCUT2D eigenvalue weighted by atomic mass is 16.5. The number of nitrogens with zero attached hydrogens (tertiary/aromatic N) is 3. The second-order valence-corrected chi connectivity index (χ2v) is 6.06. The van der Waals surface area contributed by atoms with E-state index in [9.17, 15) is 4.79 Å². The molecule has 120 valence electrons. The first kappa shape index (κ1) is 14.8. The molecule has 0 saturated heterocycles. The molecular weight excluding hydrogens is 302 g/mol. The van der Waals surface area contributed by atoms with Crippen LogP contribution >= 0.6 is 0 Å². The first-order chi connectivity index (χ1) is 11.7. The molecule has 1 aliphatic rings. The molecule has 2 aromatic carbocycles. The molecule has 0 saturated carbocycles. The van der Waals surface area contributed by atoms with Crippen LogP contribution in [0.1, 0.15) is 27.2 Å². The van der Waals surface area contributed by atoms with Gasteiger partial charge in [0, 0.05) is 37.1 Å². The molecule has 5 nitrogen and oxygen atoms in total. The minimum Gasteiger partial charge on any atom is -0.457 e. The van der Waals surface area contributed by atoms with Crippen LogP contribution in [0.3, 0.4) is 0 Å². The molecule has 0 aliphatic carbocycles. The van der Waals surface area contributed by atoms with E-state index in [1.54, 1.807) is 18.6 Å². The van der Waals surface area contributed by atoms with E-state index in [-0.39, 0.29) is 5.97 Å². The highest BCUT2D eigenvalue weighted by molar-refractivity contribution is 6.08. The summed E-state index contributed by atoms with van der Waals surface area (Å²) in [5.74, 6) is -0.238. The number of rotatable bonds is 4. The Labute approximate surface area is 139 Å². The van der Waals surface area contributed by atoms with Crippen molar-refractivity contribution in [1.82, 2.24) is 14.9 Å². The third kappa shape index (κ3) is 2.63. The number of hydrogen-bond acceptors (Lipinski definition) is 5. The topological polar surface area (TPSA) is 55.3 Å². The van der Waals surface area contributed by atoms with Crippen molar-refractivity contribution in [2.75, 3.05) is 7.05 Å². The Balaban J connectivity index is 1.67. The molecule has 0 amide bonds. The molecule has 0 unspecified atom stereocenters. The third-order valence-electron chi connectivity index (χ3n) is 4.28. The second kappa shape index (κ2) is 6.02. The van der Waals surface area contributed by atoms with Gasteiger partial charge in [0.05, 0.1) is 11.3 Å². The van der Waals surface area contributed by atoms with E-state index in [2.05, 4.69) is 40.1 Å². The minimum atomic E-state index is -0.238. The van der Waals surface area contributed by atoms with Crippen molar-refractivity contribution in [1.29, 1.82) is 0 Å². The highest BCUT2D eigenvalue weighted by Crippen LogP contribution is 2.31. The third-order valence-corrected chi connectivity index (χ3v) is 4.28. The molecular formula is C19H17N3O2. The Hall–Kier alpha value is -2.79. The normalized spacial score (nSPS) is 13.3. The molecule has 0 fully saturated rings. The van der Waals surface area contributed by atoms with Crippen LogP contribution < -0.4 is 0 Å². The average molecular weight is 319 g/mol. The standard InChI is InChI=1S/C19H17N3O2/c1-22(11-15-9-20-7-8-21-15)10-13-5-6-14-12-24-19(23)17-4-2-3-16(13)18(14)17/h2-9H,10-12H2,1H3. The molecule has 5 heteroatoms. The zero-order valence-corrected chi connectivity index (χ0v) is 13.4. The van der Waals surface area contributed by atoms with Gasteiger partial charge in [0.15, 0.2) is 0 Å². The molecule has 3 aromatic rings. The van der Waals surface area contributed by atoms with E-state index in [1.165, 1.54) is 5.56 Å². The van der Waals surface area contributed by atoms with Crippen molar-refractivity contribution in [3.8, 4) is 0 Å². The van der Waals surface area contributed by atoms with Gasteiger partial charge in [-0.15, -0.1) is 0 Å². The van der Waals surface area contributed by atoms with Gasteiger partial charge in [-0.25, -0.2) is 4.79 Å². The SMILES string of the molecule is CN(Cc1cnccn1)Cc1ccc2c3c(cccc13)C(=O)OC2. The molecule has 4 rings (SSSR count). The summed E-state index contributed by atoms with van der Waals surface area (Å²) in [5, 5.41) is 2.15. The van der Waals surface area contributed by atoms with E-state index in [4.69, 9.17) is 4.74 Å². The smallest absolute Gasteiger partial charge is 0.339 e. The number of aromatic nitrogens is 2. The summed E-state index contributed by atoms with van der Waals surface area (Å²) in [7, 11) is 2.05. The maximum atomic E-state index is 12.0. The maximum Gasteiger partial charge on any atom is 0.339 e. The summed E-state index contributed by atoms with van der Waals surface area (Å²) >= 11 is 0. The summed E-state index contributed by atoms with van der Waals surface area (Å²) in [4.78, 5) is 22.6. The number of ether oxygens (including phenoxy) is 1. The Kier molecular flexibility index (Phi) is 3.70. The zero-order valence-electron chi connectivity index (χ0n) is 13.4. The molecule has 0 atom stereocenters. The molecule has 0 N–H and O–H groups in total.